The van der Waals surface area contributed by atoms with Crippen LogP contribution in [0.4, 0.5) is 11.4 Å². The smallest absolute Gasteiger partial charge is 0.261 e. The first-order valence-electron chi connectivity index (χ1n) is 8.03. The molecule has 1 atom stereocenters. The molecule has 0 spiro atoms. The second kappa shape index (κ2) is 5.34. The normalized spacial score (nSPS) is 19.3. The summed E-state index contributed by atoms with van der Waals surface area (Å²) in [5, 5.41) is 0. The number of hydrogen-bond acceptors (Lipinski definition) is 3. The molecule has 1 amide bonds. The van der Waals surface area contributed by atoms with E-state index < -0.39 is 10.0 Å². The first-order chi connectivity index (χ1) is 11.5. The van der Waals surface area contributed by atoms with E-state index in [1.165, 1.54) is 0 Å². The fourth-order valence-corrected chi connectivity index (χ4v) is 4.68. The van der Waals surface area contributed by atoms with E-state index in [1.54, 1.807) is 41.3 Å². The molecule has 0 fully saturated rings. The van der Waals surface area contributed by atoms with Gasteiger partial charge in [0.2, 0.25) is 5.91 Å². The molecule has 0 saturated heterocycles. The Morgan fingerprint density at radius 1 is 1.17 bits per heavy atom. The number of sulfonamides is 1. The van der Waals surface area contributed by atoms with Gasteiger partial charge in [-0.15, -0.1) is 0 Å². The molecule has 1 unspecified atom stereocenters. The molecule has 1 N–H and O–H groups in total. The number of hydrogen-bond donors (Lipinski definition) is 1. The third-order valence-corrected chi connectivity index (χ3v) is 6.09. The summed E-state index contributed by atoms with van der Waals surface area (Å²) in [6.45, 7) is 2.56. The molecule has 2 aliphatic heterocycles. The van der Waals surface area contributed by atoms with Gasteiger partial charge in [0.15, 0.2) is 0 Å². The summed E-state index contributed by atoms with van der Waals surface area (Å²) in [7, 11) is -3.68. The number of carbonyl (C=O) groups excluding carboxylic acids is 1. The molecule has 6 heteroatoms. The maximum absolute atomic E-state index is 12.7. The van der Waals surface area contributed by atoms with Gasteiger partial charge >= 0.3 is 0 Å². The van der Waals surface area contributed by atoms with Gasteiger partial charge in [0, 0.05) is 12.2 Å². The minimum absolute atomic E-state index is 0.0662. The maximum atomic E-state index is 12.7. The Labute approximate surface area is 141 Å². The zero-order valence-electron chi connectivity index (χ0n) is 13.3. The van der Waals surface area contributed by atoms with E-state index in [-0.39, 0.29) is 16.7 Å². The van der Waals surface area contributed by atoms with Gasteiger partial charge in [-0.05, 0) is 55.2 Å². The first kappa shape index (κ1) is 15.2. The van der Waals surface area contributed by atoms with Crippen LogP contribution in [-0.2, 0) is 21.2 Å². The fourth-order valence-electron chi connectivity index (χ4n) is 3.54. The number of nitrogens with zero attached hydrogens (tertiary/aromatic N) is 1. The zero-order valence-corrected chi connectivity index (χ0v) is 14.1. The summed E-state index contributed by atoms with van der Waals surface area (Å²) in [5.41, 5.74) is 3.23. The van der Waals surface area contributed by atoms with Crippen molar-refractivity contribution < 1.29 is 13.2 Å². The number of carbonyl (C=O) groups is 1. The Balaban J connectivity index is 1.79. The van der Waals surface area contributed by atoms with Crippen molar-refractivity contribution in [2.24, 2.45) is 0 Å². The highest BCUT2D eigenvalue weighted by atomic mass is 32.2. The molecule has 0 aromatic heterocycles. The van der Waals surface area contributed by atoms with Gasteiger partial charge in [-0.2, -0.15) is 0 Å². The summed E-state index contributed by atoms with van der Waals surface area (Å²) in [4.78, 5) is 14.4. The largest absolute Gasteiger partial charge is 0.311 e. The molecule has 124 valence electrons. The first-order valence-corrected chi connectivity index (χ1v) is 9.52. The van der Waals surface area contributed by atoms with E-state index in [0.717, 1.165) is 36.2 Å². The lowest BCUT2D eigenvalue weighted by atomic mass is 9.97. The molecule has 2 aromatic rings. The van der Waals surface area contributed by atoms with E-state index in [2.05, 4.69) is 4.72 Å². The average Bonchev–Trinajstić information content (AvgIpc) is 2.82. The number of nitrogens with one attached hydrogen (secondary N) is 1. The van der Waals surface area contributed by atoms with Crippen LogP contribution in [0.5, 0.6) is 0 Å². The molecule has 2 aromatic carbocycles. The number of anilines is 2. The minimum Gasteiger partial charge on any atom is -0.311 e. The molecular weight excluding hydrogens is 324 g/mol. The van der Waals surface area contributed by atoms with Gasteiger partial charge in [-0.25, -0.2) is 8.42 Å². The second-order valence-electron chi connectivity index (χ2n) is 6.31. The molecule has 0 radical (unpaired) electrons. The standard InChI is InChI=1S/C18H18N2O3S/c1-12-16-11-15(24(22,23)19-14-7-3-2-4-8-14)10-13-6-5-9-20(17(13)16)18(12)21/h2-4,7-8,10-12,19H,5-6,9H2,1H3. The highest BCUT2D eigenvalue weighted by Gasteiger charge is 2.38. The van der Waals surface area contributed by atoms with Crippen LogP contribution in [0.3, 0.4) is 0 Å². The van der Waals surface area contributed by atoms with Gasteiger partial charge in [0.25, 0.3) is 10.0 Å². The van der Waals surface area contributed by atoms with Crippen LogP contribution < -0.4 is 9.62 Å². The van der Waals surface area contributed by atoms with Crippen LogP contribution in [0, 0.1) is 0 Å². The molecular formula is C18H18N2O3S. The van der Waals surface area contributed by atoms with Crippen LogP contribution in [0.15, 0.2) is 47.4 Å². The van der Waals surface area contributed by atoms with Gasteiger partial charge < -0.3 is 4.90 Å². The molecule has 0 aliphatic carbocycles. The Kier molecular flexibility index (Phi) is 3.38. The van der Waals surface area contributed by atoms with Crippen LogP contribution in [0.1, 0.15) is 30.4 Å². The highest BCUT2D eigenvalue weighted by Crippen LogP contribution is 2.44. The van der Waals surface area contributed by atoms with Crippen molar-refractivity contribution in [2.75, 3.05) is 16.2 Å². The molecule has 5 nitrogen and oxygen atoms in total. The predicted molar refractivity (Wildman–Crippen MR) is 92.8 cm³/mol. The summed E-state index contributed by atoms with van der Waals surface area (Å²) in [6.07, 6.45) is 1.66. The molecule has 4 rings (SSSR count). The van der Waals surface area contributed by atoms with E-state index in [1.807, 2.05) is 13.0 Å². The second-order valence-corrected chi connectivity index (χ2v) is 7.99. The Morgan fingerprint density at radius 3 is 2.67 bits per heavy atom. The number of rotatable bonds is 3. The van der Waals surface area contributed by atoms with Crippen molar-refractivity contribution in [3.63, 3.8) is 0 Å². The summed E-state index contributed by atoms with van der Waals surface area (Å²) >= 11 is 0. The zero-order chi connectivity index (χ0) is 16.9. The van der Waals surface area contributed by atoms with Gasteiger partial charge in [0.1, 0.15) is 0 Å². The lowest BCUT2D eigenvalue weighted by Crippen LogP contribution is -2.32. The highest BCUT2D eigenvalue weighted by molar-refractivity contribution is 7.92. The number of amides is 1. The van der Waals surface area contributed by atoms with Crippen LogP contribution in [0.25, 0.3) is 0 Å². The maximum Gasteiger partial charge on any atom is 0.261 e. The predicted octanol–water partition coefficient (Wildman–Crippen LogP) is 2.88. The number of benzene rings is 2. The van der Waals surface area contributed by atoms with Crippen LogP contribution >= 0.6 is 0 Å². The molecule has 0 saturated carbocycles. The molecule has 24 heavy (non-hydrogen) atoms. The van der Waals surface area contributed by atoms with Gasteiger partial charge in [0.05, 0.1) is 16.5 Å². The van der Waals surface area contributed by atoms with Crippen molar-refractivity contribution >= 4 is 27.3 Å². The van der Waals surface area contributed by atoms with Crippen molar-refractivity contribution in [2.45, 2.75) is 30.6 Å². The van der Waals surface area contributed by atoms with E-state index in [9.17, 15) is 13.2 Å². The quantitative estimate of drug-likeness (QED) is 0.933. The van der Waals surface area contributed by atoms with Crippen molar-refractivity contribution in [1.29, 1.82) is 0 Å². The fraction of sp³-hybridized carbons (Fsp3) is 0.278. The SMILES string of the molecule is CC1C(=O)N2CCCc3cc(S(=O)(=O)Nc4ccccc4)cc1c32. The number of para-hydroxylation sites is 1. The third-order valence-electron chi connectivity index (χ3n) is 4.73. The van der Waals surface area contributed by atoms with Crippen molar-refractivity contribution in [3.05, 3.63) is 53.6 Å². The average molecular weight is 342 g/mol. The van der Waals surface area contributed by atoms with Crippen molar-refractivity contribution in [1.82, 2.24) is 0 Å². The van der Waals surface area contributed by atoms with Gasteiger partial charge in [-0.1, -0.05) is 18.2 Å². The molecule has 2 aliphatic rings. The van der Waals surface area contributed by atoms with Gasteiger partial charge in [-0.3, -0.25) is 9.52 Å². The van der Waals surface area contributed by atoms with E-state index >= 15 is 0 Å². The molecule has 0 bridgehead atoms. The Morgan fingerprint density at radius 2 is 1.92 bits per heavy atom. The summed E-state index contributed by atoms with van der Waals surface area (Å²) < 4.78 is 28.1. The topological polar surface area (TPSA) is 66.5 Å². The minimum atomic E-state index is -3.68. The Bertz CT molecular complexity index is 923. The van der Waals surface area contributed by atoms with Crippen molar-refractivity contribution in [3.8, 4) is 0 Å². The molecule has 2 heterocycles. The lowest BCUT2D eigenvalue weighted by molar-refractivity contribution is -0.119. The lowest BCUT2D eigenvalue weighted by Gasteiger charge is -2.26. The summed E-state index contributed by atoms with van der Waals surface area (Å²) in [5.74, 6) is -0.222. The third kappa shape index (κ3) is 2.29. The number of aryl methyl sites for hydroxylation is 1. The van der Waals surface area contributed by atoms with E-state index in [4.69, 9.17) is 0 Å². The van der Waals surface area contributed by atoms with Crippen LogP contribution in [0.2, 0.25) is 0 Å². The van der Waals surface area contributed by atoms with E-state index in [0.29, 0.717) is 5.69 Å². The van der Waals surface area contributed by atoms with Crippen LogP contribution in [-0.4, -0.2) is 20.9 Å². The monoisotopic (exact) mass is 342 g/mol. The summed E-state index contributed by atoms with van der Waals surface area (Å²) in [6, 6.07) is 12.2. The Hall–Kier alpha value is -2.34.